The van der Waals surface area contributed by atoms with Crippen LogP contribution in [0.4, 0.5) is 17.3 Å². The van der Waals surface area contributed by atoms with Crippen LogP contribution >= 0.6 is 0 Å². The summed E-state index contributed by atoms with van der Waals surface area (Å²) in [5, 5.41) is 25.3. The van der Waals surface area contributed by atoms with E-state index >= 15 is 0 Å². The van der Waals surface area contributed by atoms with Crippen LogP contribution in [0.5, 0.6) is 11.5 Å². The van der Waals surface area contributed by atoms with E-state index in [0.717, 1.165) is 10.9 Å². The first kappa shape index (κ1) is 18.5. The van der Waals surface area contributed by atoms with Crippen molar-refractivity contribution in [3.8, 4) is 23.5 Å². The number of nitrogen functional groups attached to an aromatic ring is 1. The number of methoxy groups -OCH3 is 2. The van der Waals surface area contributed by atoms with Crippen LogP contribution in [-0.2, 0) is 0 Å². The molecule has 1 aromatic carbocycles. The second-order valence-corrected chi connectivity index (χ2v) is 5.44. The third kappa shape index (κ3) is 3.61. The van der Waals surface area contributed by atoms with E-state index in [0.29, 0.717) is 17.2 Å². The summed E-state index contributed by atoms with van der Waals surface area (Å²) in [6.07, 6.45) is 1.08. The lowest BCUT2D eigenvalue weighted by molar-refractivity contribution is 0.0698. The predicted octanol–water partition coefficient (Wildman–Crippen LogP) is 1.58. The first-order valence-electron chi connectivity index (χ1n) is 7.81. The van der Waals surface area contributed by atoms with Gasteiger partial charge in [-0.1, -0.05) is 0 Å². The van der Waals surface area contributed by atoms with Crippen LogP contribution in [0, 0.1) is 11.3 Å². The van der Waals surface area contributed by atoms with Gasteiger partial charge in [0.05, 0.1) is 20.4 Å². The highest BCUT2D eigenvalue weighted by atomic mass is 16.5. The van der Waals surface area contributed by atoms with Crippen molar-refractivity contribution in [2.75, 3.05) is 25.3 Å². The van der Waals surface area contributed by atoms with Gasteiger partial charge in [0.15, 0.2) is 0 Å². The standard InChI is InChI=1S/C17H15N7O4/c1-27-11-3-9(4-12(6-11)28-2)21-14-5-10(7-18)22-17(23-14)24-15(19)13(8-20-24)16(25)26/h3-6,8H,19H2,1-2H3,(H,25,26)(H,21,22,23). The van der Waals surface area contributed by atoms with Crippen LogP contribution in [0.15, 0.2) is 30.5 Å². The molecule has 0 amide bonds. The summed E-state index contributed by atoms with van der Waals surface area (Å²) in [7, 11) is 3.05. The zero-order valence-corrected chi connectivity index (χ0v) is 14.9. The zero-order valence-electron chi connectivity index (χ0n) is 14.9. The molecule has 28 heavy (non-hydrogen) atoms. The number of carboxylic acid groups (broad SMARTS) is 1. The fourth-order valence-corrected chi connectivity index (χ4v) is 2.36. The third-order valence-electron chi connectivity index (χ3n) is 3.68. The number of benzene rings is 1. The SMILES string of the molecule is COc1cc(Nc2cc(C#N)nc(-n3ncc(C(=O)O)c3N)n2)cc(OC)c1. The number of nitrogens with zero attached hydrogens (tertiary/aromatic N) is 5. The lowest BCUT2D eigenvalue weighted by Gasteiger charge is -2.11. The number of aromatic carboxylic acids is 1. The minimum atomic E-state index is -1.23. The van der Waals surface area contributed by atoms with Crippen LogP contribution in [-0.4, -0.2) is 45.0 Å². The third-order valence-corrected chi connectivity index (χ3v) is 3.68. The van der Waals surface area contributed by atoms with Gasteiger partial charge in [-0.05, 0) is 0 Å². The molecule has 0 spiro atoms. The molecule has 0 saturated heterocycles. The number of ether oxygens (including phenoxy) is 2. The molecule has 0 radical (unpaired) electrons. The summed E-state index contributed by atoms with van der Waals surface area (Å²) in [6, 6.07) is 8.47. The average Bonchev–Trinajstić information content (AvgIpc) is 3.08. The normalized spacial score (nSPS) is 10.2. The first-order valence-corrected chi connectivity index (χ1v) is 7.81. The maximum Gasteiger partial charge on any atom is 0.341 e. The molecule has 142 valence electrons. The summed E-state index contributed by atoms with van der Waals surface area (Å²) in [4.78, 5) is 19.5. The van der Waals surface area contributed by atoms with Crippen molar-refractivity contribution < 1.29 is 19.4 Å². The summed E-state index contributed by atoms with van der Waals surface area (Å²) in [6.45, 7) is 0. The molecule has 0 saturated carbocycles. The van der Waals surface area contributed by atoms with Crippen LogP contribution < -0.4 is 20.5 Å². The van der Waals surface area contributed by atoms with E-state index < -0.39 is 5.97 Å². The van der Waals surface area contributed by atoms with Crippen LogP contribution in [0.2, 0.25) is 0 Å². The van der Waals surface area contributed by atoms with Crippen LogP contribution in [0.3, 0.4) is 0 Å². The van der Waals surface area contributed by atoms with Crippen molar-refractivity contribution >= 4 is 23.3 Å². The number of nitrogens with two attached hydrogens (primary N) is 1. The Morgan fingerprint density at radius 1 is 1.21 bits per heavy atom. The number of carboxylic acids is 1. The van der Waals surface area contributed by atoms with Gasteiger partial charge in [-0.15, -0.1) is 0 Å². The first-order chi connectivity index (χ1) is 13.4. The van der Waals surface area contributed by atoms with Crippen molar-refractivity contribution in [2.24, 2.45) is 0 Å². The van der Waals surface area contributed by atoms with Crippen LogP contribution in [0.1, 0.15) is 16.1 Å². The Morgan fingerprint density at radius 3 is 2.43 bits per heavy atom. The minimum absolute atomic E-state index is 0.0362. The quantitative estimate of drug-likeness (QED) is 0.571. The molecule has 0 atom stereocenters. The van der Waals surface area contributed by atoms with Gasteiger partial charge in [-0.3, -0.25) is 0 Å². The Hall–Kier alpha value is -4.33. The molecule has 0 unspecified atom stereocenters. The molecule has 0 bridgehead atoms. The lowest BCUT2D eigenvalue weighted by atomic mass is 10.2. The Balaban J connectivity index is 2.03. The largest absolute Gasteiger partial charge is 0.497 e. The van der Waals surface area contributed by atoms with Gasteiger partial charge in [0, 0.05) is 30.0 Å². The molecule has 3 aromatic rings. The highest BCUT2D eigenvalue weighted by Gasteiger charge is 2.17. The van der Waals surface area contributed by atoms with Crippen molar-refractivity contribution in [3.63, 3.8) is 0 Å². The van der Waals surface area contributed by atoms with Gasteiger partial charge in [-0.2, -0.15) is 25.0 Å². The fourth-order valence-electron chi connectivity index (χ4n) is 2.36. The molecular weight excluding hydrogens is 366 g/mol. The van der Waals surface area contributed by atoms with E-state index in [1.54, 1.807) is 18.2 Å². The number of rotatable bonds is 6. The van der Waals surface area contributed by atoms with Gasteiger partial charge < -0.3 is 25.6 Å². The Kier molecular flexibility index (Phi) is 4.95. The van der Waals surface area contributed by atoms with Crippen molar-refractivity contribution in [1.82, 2.24) is 19.7 Å². The van der Waals surface area contributed by atoms with Gasteiger partial charge >= 0.3 is 5.97 Å². The Bertz CT molecular complexity index is 1070. The monoisotopic (exact) mass is 381 g/mol. The van der Waals surface area contributed by atoms with E-state index in [1.165, 1.54) is 20.3 Å². The molecule has 11 heteroatoms. The molecule has 2 heterocycles. The highest BCUT2D eigenvalue weighted by molar-refractivity contribution is 5.92. The summed E-state index contributed by atoms with van der Waals surface area (Å²) >= 11 is 0. The molecular formula is C17H15N7O4. The molecule has 0 aliphatic carbocycles. The number of anilines is 3. The van der Waals surface area contributed by atoms with E-state index in [2.05, 4.69) is 20.4 Å². The Labute approximate surface area is 159 Å². The molecule has 11 nitrogen and oxygen atoms in total. The molecule has 0 fully saturated rings. The van der Waals surface area contributed by atoms with E-state index in [9.17, 15) is 10.1 Å². The fraction of sp³-hybridized carbons (Fsp3) is 0.118. The number of nitriles is 1. The predicted molar refractivity (Wildman–Crippen MR) is 98.1 cm³/mol. The molecule has 0 aliphatic heterocycles. The second-order valence-electron chi connectivity index (χ2n) is 5.44. The van der Waals surface area contributed by atoms with Gasteiger partial charge in [0.2, 0.25) is 0 Å². The van der Waals surface area contributed by atoms with Crippen LogP contribution in [0.25, 0.3) is 5.95 Å². The summed E-state index contributed by atoms with van der Waals surface area (Å²) < 4.78 is 11.5. The second kappa shape index (κ2) is 7.50. The Morgan fingerprint density at radius 2 is 1.89 bits per heavy atom. The number of carbonyl (C=O) groups is 1. The zero-order chi connectivity index (χ0) is 20.3. The van der Waals surface area contributed by atoms with Gasteiger partial charge in [-0.25, -0.2) is 4.79 Å². The number of aromatic nitrogens is 4. The van der Waals surface area contributed by atoms with E-state index in [-0.39, 0.29) is 28.8 Å². The number of hydrogen-bond donors (Lipinski definition) is 3. The summed E-state index contributed by atoms with van der Waals surface area (Å²) in [5.41, 5.74) is 6.24. The molecule has 2 aromatic heterocycles. The topological polar surface area (TPSA) is 161 Å². The maximum absolute atomic E-state index is 11.2. The summed E-state index contributed by atoms with van der Waals surface area (Å²) in [5.74, 6) is -0.0678. The van der Waals surface area contributed by atoms with Crippen molar-refractivity contribution in [1.29, 1.82) is 5.26 Å². The number of hydrogen-bond acceptors (Lipinski definition) is 9. The smallest absolute Gasteiger partial charge is 0.341 e. The molecule has 4 N–H and O–H groups in total. The molecule has 0 aliphatic rings. The van der Waals surface area contributed by atoms with E-state index in [1.807, 2.05) is 6.07 Å². The van der Waals surface area contributed by atoms with Gasteiger partial charge in [0.1, 0.15) is 40.5 Å². The van der Waals surface area contributed by atoms with Crippen molar-refractivity contribution in [3.05, 3.63) is 41.7 Å². The highest BCUT2D eigenvalue weighted by Crippen LogP contribution is 2.28. The molecule has 3 rings (SSSR count). The average molecular weight is 381 g/mol. The van der Waals surface area contributed by atoms with Gasteiger partial charge in [0.25, 0.3) is 5.95 Å². The maximum atomic E-state index is 11.2. The van der Waals surface area contributed by atoms with Crippen molar-refractivity contribution in [2.45, 2.75) is 0 Å². The number of nitrogens with one attached hydrogen (secondary N) is 1. The lowest BCUT2D eigenvalue weighted by Crippen LogP contribution is -2.10. The minimum Gasteiger partial charge on any atom is -0.497 e. The van der Waals surface area contributed by atoms with E-state index in [4.69, 9.17) is 20.3 Å².